The van der Waals surface area contributed by atoms with E-state index in [0.29, 0.717) is 0 Å². The summed E-state index contributed by atoms with van der Waals surface area (Å²) < 4.78 is 24.8. The lowest BCUT2D eigenvalue weighted by Gasteiger charge is -2.07. The van der Waals surface area contributed by atoms with Crippen molar-refractivity contribution in [1.82, 2.24) is 4.98 Å². The van der Waals surface area contributed by atoms with Gasteiger partial charge in [-0.1, -0.05) is 0 Å². The van der Waals surface area contributed by atoms with E-state index in [2.05, 4.69) is 4.98 Å². The second-order valence-electron chi connectivity index (χ2n) is 2.42. The van der Waals surface area contributed by atoms with Gasteiger partial charge in [-0.2, -0.15) is 5.26 Å². The minimum atomic E-state index is -2.90. The van der Waals surface area contributed by atoms with Gasteiger partial charge in [-0.15, -0.1) is 0 Å². The number of anilines is 1. The number of aromatic nitrogens is 1. The largest absolute Gasteiger partial charge is 0.396 e. The Kier molecular flexibility index (Phi) is 2.72. The van der Waals surface area contributed by atoms with Gasteiger partial charge in [0.25, 0.3) is 6.43 Å². The molecule has 14 heavy (non-hydrogen) atoms. The smallest absolute Gasteiger partial charge is 0.266 e. The van der Waals surface area contributed by atoms with Gasteiger partial charge in [0.2, 0.25) is 0 Å². The number of nitriles is 1. The summed E-state index contributed by atoms with van der Waals surface area (Å²) in [7, 11) is 0. The average molecular weight is 197 g/mol. The van der Waals surface area contributed by atoms with Gasteiger partial charge in [0, 0.05) is 11.8 Å². The molecule has 0 spiro atoms. The average Bonchev–Trinajstić information content (AvgIpc) is 2.16. The maximum atomic E-state index is 12.4. The second kappa shape index (κ2) is 3.79. The van der Waals surface area contributed by atoms with E-state index in [4.69, 9.17) is 11.0 Å². The molecule has 0 aliphatic carbocycles. The summed E-state index contributed by atoms with van der Waals surface area (Å²) in [6, 6.07) is 1.56. The van der Waals surface area contributed by atoms with Gasteiger partial charge < -0.3 is 5.73 Å². The third-order valence-electron chi connectivity index (χ3n) is 1.64. The van der Waals surface area contributed by atoms with Crippen LogP contribution in [0.2, 0.25) is 0 Å². The topological polar surface area (TPSA) is 79.8 Å². The Morgan fingerprint density at radius 3 is 2.71 bits per heavy atom. The zero-order valence-corrected chi connectivity index (χ0v) is 6.87. The van der Waals surface area contributed by atoms with Crippen molar-refractivity contribution in [3.63, 3.8) is 0 Å². The fraction of sp³-hybridized carbons (Fsp3) is 0.125. The van der Waals surface area contributed by atoms with E-state index in [1.54, 1.807) is 6.07 Å². The number of carbonyl (C=O) groups is 1. The highest BCUT2D eigenvalue weighted by atomic mass is 19.3. The van der Waals surface area contributed by atoms with Crippen molar-refractivity contribution in [1.29, 1.82) is 5.26 Å². The fourth-order valence-corrected chi connectivity index (χ4v) is 0.983. The third-order valence-corrected chi connectivity index (χ3v) is 1.64. The molecule has 0 aliphatic rings. The Bertz CT molecular complexity index is 412. The predicted octanol–water partition coefficient (Wildman–Crippen LogP) is 1.29. The Labute approximate surface area is 78.0 Å². The molecular weight excluding hydrogens is 192 g/mol. The zero-order chi connectivity index (χ0) is 10.7. The molecule has 0 amide bonds. The standard InChI is InChI=1S/C8H5F2N3O/c9-8(10)6-4(3-14)2-13-5(1-11)7(6)12/h2-3,8H,12H2. The third kappa shape index (κ3) is 1.52. The van der Waals surface area contributed by atoms with Gasteiger partial charge in [0.05, 0.1) is 11.3 Å². The number of hydrogen-bond donors (Lipinski definition) is 1. The Morgan fingerprint density at radius 2 is 2.29 bits per heavy atom. The second-order valence-corrected chi connectivity index (χ2v) is 2.42. The van der Waals surface area contributed by atoms with Crippen LogP contribution in [0.3, 0.4) is 0 Å². The highest BCUT2D eigenvalue weighted by Gasteiger charge is 2.19. The van der Waals surface area contributed by atoms with Crippen molar-refractivity contribution in [3.8, 4) is 6.07 Å². The van der Waals surface area contributed by atoms with Crippen LogP contribution in [0.15, 0.2) is 6.20 Å². The molecule has 0 unspecified atom stereocenters. The van der Waals surface area contributed by atoms with Crippen molar-refractivity contribution in [2.45, 2.75) is 6.43 Å². The molecule has 0 aromatic carbocycles. The number of halogens is 2. The van der Waals surface area contributed by atoms with Crippen molar-refractivity contribution in [2.24, 2.45) is 0 Å². The van der Waals surface area contributed by atoms with Crippen LogP contribution in [0.1, 0.15) is 28.0 Å². The quantitative estimate of drug-likeness (QED) is 0.724. The zero-order valence-electron chi connectivity index (χ0n) is 6.87. The molecule has 1 aromatic rings. The van der Waals surface area contributed by atoms with Gasteiger partial charge in [0.1, 0.15) is 6.07 Å². The lowest BCUT2D eigenvalue weighted by atomic mass is 10.1. The minimum absolute atomic E-state index is 0.228. The van der Waals surface area contributed by atoms with Crippen LogP contribution >= 0.6 is 0 Å². The monoisotopic (exact) mass is 197 g/mol. The number of nitrogens with two attached hydrogens (primary N) is 1. The van der Waals surface area contributed by atoms with Crippen LogP contribution in [-0.4, -0.2) is 11.3 Å². The number of alkyl halides is 2. The lowest BCUT2D eigenvalue weighted by molar-refractivity contribution is 0.110. The number of carbonyl (C=O) groups excluding carboxylic acids is 1. The maximum Gasteiger partial charge on any atom is 0.266 e. The number of pyridine rings is 1. The first-order valence-corrected chi connectivity index (χ1v) is 3.53. The van der Waals surface area contributed by atoms with E-state index in [1.807, 2.05) is 0 Å². The van der Waals surface area contributed by atoms with E-state index in [-0.39, 0.29) is 17.5 Å². The summed E-state index contributed by atoms with van der Waals surface area (Å²) in [5.41, 5.74) is 3.58. The lowest BCUT2D eigenvalue weighted by Crippen LogP contribution is -2.04. The van der Waals surface area contributed by atoms with Gasteiger partial charge in [-0.25, -0.2) is 13.8 Å². The molecule has 0 saturated carbocycles. The summed E-state index contributed by atoms with van der Waals surface area (Å²) in [5, 5.41) is 8.46. The van der Waals surface area contributed by atoms with E-state index in [1.165, 1.54) is 0 Å². The molecule has 72 valence electrons. The number of aldehydes is 1. The van der Waals surface area contributed by atoms with Crippen molar-refractivity contribution in [3.05, 3.63) is 23.0 Å². The Morgan fingerprint density at radius 1 is 1.64 bits per heavy atom. The molecule has 4 nitrogen and oxygen atoms in total. The van der Waals surface area contributed by atoms with E-state index >= 15 is 0 Å². The van der Waals surface area contributed by atoms with Gasteiger partial charge >= 0.3 is 0 Å². The highest BCUT2D eigenvalue weighted by Crippen LogP contribution is 2.28. The van der Waals surface area contributed by atoms with Crippen LogP contribution in [-0.2, 0) is 0 Å². The highest BCUT2D eigenvalue weighted by molar-refractivity contribution is 5.81. The molecule has 0 atom stereocenters. The number of hydrogen-bond acceptors (Lipinski definition) is 4. The Balaban J connectivity index is 3.48. The van der Waals surface area contributed by atoms with Crippen LogP contribution in [0, 0.1) is 11.3 Å². The number of nitrogens with zero attached hydrogens (tertiary/aromatic N) is 2. The first-order valence-electron chi connectivity index (χ1n) is 3.53. The summed E-state index contributed by atoms with van der Waals surface area (Å²) in [6.07, 6.45) is -1.76. The number of nitrogen functional groups attached to an aromatic ring is 1. The minimum Gasteiger partial charge on any atom is -0.396 e. The van der Waals surface area contributed by atoms with Crippen molar-refractivity contribution < 1.29 is 13.6 Å². The van der Waals surface area contributed by atoms with Crippen molar-refractivity contribution >= 4 is 12.0 Å². The first-order chi connectivity index (χ1) is 6.61. The normalized spacial score (nSPS) is 9.86. The fourth-order valence-electron chi connectivity index (χ4n) is 0.983. The Hall–Kier alpha value is -2.03. The molecule has 0 fully saturated rings. The summed E-state index contributed by atoms with van der Waals surface area (Å²) in [4.78, 5) is 13.8. The van der Waals surface area contributed by atoms with Gasteiger partial charge in [-0.05, 0) is 0 Å². The molecule has 0 aliphatic heterocycles. The van der Waals surface area contributed by atoms with Crippen LogP contribution < -0.4 is 5.73 Å². The van der Waals surface area contributed by atoms with Gasteiger partial charge in [0.15, 0.2) is 12.0 Å². The van der Waals surface area contributed by atoms with E-state index in [9.17, 15) is 13.6 Å². The molecule has 0 bridgehead atoms. The predicted molar refractivity (Wildman–Crippen MR) is 43.7 cm³/mol. The molecule has 0 radical (unpaired) electrons. The molecule has 1 rings (SSSR count). The van der Waals surface area contributed by atoms with E-state index < -0.39 is 17.7 Å². The molecular formula is C8H5F2N3O. The summed E-state index contributed by atoms with van der Waals surface area (Å²) in [5.74, 6) is 0. The van der Waals surface area contributed by atoms with Gasteiger partial charge in [-0.3, -0.25) is 4.79 Å². The molecule has 2 N–H and O–H groups in total. The first kappa shape index (κ1) is 10.1. The van der Waals surface area contributed by atoms with Crippen molar-refractivity contribution in [2.75, 3.05) is 5.73 Å². The SMILES string of the molecule is N#Cc1ncc(C=O)c(C(F)F)c1N. The molecule has 0 saturated heterocycles. The van der Waals surface area contributed by atoms with Crippen LogP contribution in [0.25, 0.3) is 0 Å². The molecule has 1 heterocycles. The van der Waals surface area contributed by atoms with Crippen LogP contribution in [0.5, 0.6) is 0 Å². The summed E-state index contributed by atoms with van der Waals surface area (Å²) >= 11 is 0. The van der Waals surface area contributed by atoms with E-state index in [0.717, 1.165) is 6.20 Å². The van der Waals surface area contributed by atoms with Crippen LogP contribution in [0.4, 0.5) is 14.5 Å². The maximum absolute atomic E-state index is 12.4. The molecule has 6 heteroatoms. The number of rotatable bonds is 2. The summed E-state index contributed by atoms with van der Waals surface area (Å²) in [6.45, 7) is 0. The molecule has 1 aromatic heterocycles.